The molecular formula is C16H16O4. The molecule has 0 saturated heterocycles. The Bertz CT molecular complexity index is 542. The third kappa shape index (κ3) is 9.32. The summed E-state index contributed by atoms with van der Waals surface area (Å²) >= 11 is 0. The van der Waals surface area contributed by atoms with Gasteiger partial charge in [-0.1, -0.05) is 17.9 Å². The largest absolute Gasteiger partial charge is 0.466 e. The van der Waals surface area contributed by atoms with Gasteiger partial charge in [0.1, 0.15) is 6.61 Å². The normalized spacial score (nSPS) is 10.4. The second kappa shape index (κ2) is 11.4. The van der Waals surface area contributed by atoms with Crippen LogP contribution in [0, 0.1) is 23.7 Å². The molecule has 0 aromatic rings. The van der Waals surface area contributed by atoms with E-state index < -0.39 is 5.97 Å². The van der Waals surface area contributed by atoms with E-state index in [0.29, 0.717) is 5.57 Å². The zero-order chi connectivity index (χ0) is 15.2. The summed E-state index contributed by atoms with van der Waals surface area (Å²) in [7, 11) is 1.29. The molecule has 0 spiro atoms. The van der Waals surface area contributed by atoms with E-state index in [9.17, 15) is 9.59 Å². The van der Waals surface area contributed by atoms with Gasteiger partial charge in [0, 0.05) is 11.6 Å². The van der Waals surface area contributed by atoms with E-state index in [1.807, 2.05) is 0 Å². The average Bonchev–Trinajstić information content (AvgIpc) is 2.47. The molecule has 0 amide bonds. The van der Waals surface area contributed by atoms with Crippen LogP contribution in [0.25, 0.3) is 0 Å². The Balaban J connectivity index is 4.02. The van der Waals surface area contributed by atoms with Gasteiger partial charge in [-0.15, -0.1) is 0 Å². The van der Waals surface area contributed by atoms with Crippen LogP contribution in [0.5, 0.6) is 0 Å². The first-order valence-corrected chi connectivity index (χ1v) is 5.82. The molecule has 0 fully saturated rings. The molecule has 0 aliphatic carbocycles. The topological polar surface area (TPSA) is 52.6 Å². The van der Waals surface area contributed by atoms with Crippen LogP contribution in [0.4, 0.5) is 0 Å². The predicted octanol–water partition coefficient (Wildman–Crippen LogP) is 1.79. The smallest absolute Gasteiger partial charge is 0.333 e. The maximum atomic E-state index is 11.2. The van der Waals surface area contributed by atoms with Crippen molar-refractivity contribution in [1.82, 2.24) is 0 Å². The van der Waals surface area contributed by atoms with Gasteiger partial charge in [0.15, 0.2) is 0 Å². The van der Waals surface area contributed by atoms with Crippen LogP contribution in [0.1, 0.15) is 13.8 Å². The molecule has 0 heterocycles. The fraction of sp³-hybridized carbons (Fsp3) is 0.250. The zero-order valence-electron chi connectivity index (χ0n) is 11.7. The number of rotatable bonds is 4. The number of hydrogen-bond donors (Lipinski definition) is 0. The summed E-state index contributed by atoms with van der Waals surface area (Å²) in [6.07, 6.45) is 7.39. The lowest BCUT2D eigenvalue weighted by atomic mass is 10.3. The Kier molecular flexibility index (Phi) is 9.83. The van der Waals surface area contributed by atoms with Gasteiger partial charge < -0.3 is 9.47 Å². The number of esters is 2. The second-order valence-electron chi connectivity index (χ2n) is 3.37. The van der Waals surface area contributed by atoms with Crippen LogP contribution < -0.4 is 0 Å². The average molecular weight is 272 g/mol. The Hall–Kier alpha value is -2.72. The van der Waals surface area contributed by atoms with E-state index >= 15 is 0 Å². The summed E-state index contributed by atoms with van der Waals surface area (Å²) in [6.45, 7) is 3.61. The first-order chi connectivity index (χ1) is 9.61. The fourth-order valence-electron chi connectivity index (χ4n) is 0.796. The minimum absolute atomic E-state index is 0.161. The highest BCUT2D eigenvalue weighted by Crippen LogP contribution is 1.95. The molecule has 0 rings (SSSR count). The minimum atomic E-state index is -0.467. The molecule has 0 aromatic heterocycles. The molecule has 0 aliphatic heterocycles. The Morgan fingerprint density at radius 1 is 1.15 bits per heavy atom. The maximum absolute atomic E-state index is 11.2. The van der Waals surface area contributed by atoms with E-state index in [-0.39, 0.29) is 12.6 Å². The number of hydrogen-bond acceptors (Lipinski definition) is 4. The van der Waals surface area contributed by atoms with Gasteiger partial charge in [-0.25, -0.2) is 9.59 Å². The highest BCUT2D eigenvalue weighted by atomic mass is 16.5. The van der Waals surface area contributed by atoms with Gasteiger partial charge in [0.05, 0.1) is 7.11 Å². The summed E-state index contributed by atoms with van der Waals surface area (Å²) in [5.74, 6) is 9.44. The lowest BCUT2D eigenvalue weighted by Gasteiger charge is -1.99. The van der Waals surface area contributed by atoms with Gasteiger partial charge in [-0.3, -0.25) is 0 Å². The lowest BCUT2D eigenvalue weighted by molar-refractivity contribution is -0.138. The summed E-state index contributed by atoms with van der Waals surface area (Å²) in [4.78, 5) is 21.9. The maximum Gasteiger partial charge on any atom is 0.333 e. The molecule has 0 unspecified atom stereocenters. The van der Waals surface area contributed by atoms with E-state index in [1.54, 1.807) is 26.0 Å². The third-order valence-electron chi connectivity index (χ3n) is 1.98. The van der Waals surface area contributed by atoms with Crippen LogP contribution in [-0.4, -0.2) is 25.7 Å². The molecule has 20 heavy (non-hydrogen) atoms. The van der Waals surface area contributed by atoms with E-state index in [1.165, 1.54) is 25.3 Å². The van der Waals surface area contributed by atoms with Gasteiger partial charge in [0.25, 0.3) is 0 Å². The van der Waals surface area contributed by atoms with Crippen LogP contribution in [0.2, 0.25) is 0 Å². The van der Waals surface area contributed by atoms with Crippen LogP contribution >= 0.6 is 0 Å². The quantitative estimate of drug-likeness (QED) is 0.445. The molecular weight excluding hydrogens is 256 g/mol. The molecule has 4 nitrogen and oxygen atoms in total. The number of ether oxygens (including phenoxy) is 2. The number of methoxy groups -OCH3 is 1. The Morgan fingerprint density at radius 3 is 2.40 bits per heavy atom. The summed E-state index contributed by atoms with van der Waals surface area (Å²) < 4.78 is 9.30. The van der Waals surface area contributed by atoms with Crippen molar-refractivity contribution < 1.29 is 19.1 Å². The molecule has 0 bridgehead atoms. The molecule has 0 aliphatic rings. The summed E-state index contributed by atoms with van der Waals surface area (Å²) in [5, 5.41) is 0. The first kappa shape index (κ1) is 17.3. The molecule has 4 heteroatoms. The van der Waals surface area contributed by atoms with Crippen LogP contribution in [0.3, 0.4) is 0 Å². The molecule has 0 N–H and O–H groups in total. The molecule has 0 atom stereocenters. The van der Waals surface area contributed by atoms with Crippen molar-refractivity contribution in [2.24, 2.45) is 0 Å². The monoisotopic (exact) mass is 272 g/mol. The van der Waals surface area contributed by atoms with Crippen molar-refractivity contribution in [3.8, 4) is 23.7 Å². The van der Waals surface area contributed by atoms with Crippen LogP contribution in [0.15, 0.2) is 36.0 Å². The molecule has 104 valence electrons. The van der Waals surface area contributed by atoms with Crippen molar-refractivity contribution in [3.63, 3.8) is 0 Å². The zero-order valence-corrected chi connectivity index (χ0v) is 11.7. The first-order valence-electron chi connectivity index (χ1n) is 5.82. The van der Waals surface area contributed by atoms with Crippen molar-refractivity contribution in [2.45, 2.75) is 13.8 Å². The Labute approximate surface area is 119 Å². The van der Waals surface area contributed by atoms with Crippen molar-refractivity contribution in [2.75, 3.05) is 13.7 Å². The standard InChI is InChI=1S/C16H16O4/c1-4-14(2)16(18)20-13-11-9-7-5-6-8-10-12-15(17)19-3/h4,9-12H,13H2,1-3H3/b11-9-,12-10+,14-4-. The molecule has 0 aromatic carbocycles. The Morgan fingerprint density at radius 2 is 1.80 bits per heavy atom. The molecule has 0 radical (unpaired) electrons. The van der Waals surface area contributed by atoms with E-state index in [0.717, 1.165) is 0 Å². The summed E-state index contributed by atoms with van der Waals surface area (Å²) in [5.41, 5.74) is 0.563. The van der Waals surface area contributed by atoms with Gasteiger partial charge >= 0.3 is 11.9 Å². The number of carbonyl (C=O) groups is 2. The predicted molar refractivity (Wildman–Crippen MR) is 76.2 cm³/mol. The second-order valence-corrected chi connectivity index (χ2v) is 3.37. The fourth-order valence-corrected chi connectivity index (χ4v) is 0.796. The third-order valence-corrected chi connectivity index (χ3v) is 1.98. The van der Waals surface area contributed by atoms with Crippen molar-refractivity contribution in [1.29, 1.82) is 0 Å². The minimum Gasteiger partial charge on any atom is -0.466 e. The highest BCUT2D eigenvalue weighted by Gasteiger charge is 2.01. The van der Waals surface area contributed by atoms with Crippen molar-refractivity contribution in [3.05, 3.63) is 36.0 Å². The van der Waals surface area contributed by atoms with Crippen LogP contribution in [-0.2, 0) is 19.1 Å². The van der Waals surface area contributed by atoms with Gasteiger partial charge in [-0.05, 0) is 43.9 Å². The lowest BCUT2D eigenvalue weighted by Crippen LogP contribution is -2.05. The highest BCUT2D eigenvalue weighted by molar-refractivity contribution is 5.87. The SMILES string of the molecule is C/C=C(/C)C(=O)OC/C=C\C#CC#C/C=C/C(=O)OC. The van der Waals surface area contributed by atoms with E-state index in [4.69, 9.17) is 4.74 Å². The van der Waals surface area contributed by atoms with Gasteiger partial charge in [-0.2, -0.15) is 0 Å². The number of allylic oxidation sites excluding steroid dienone is 3. The summed E-state index contributed by atoms with van der Waals surface area (Å²) in [6, 6.07) is 0. The number of carbonyl (C=O) groups excluding carboxylic acids is 2. The van der Waals surface area contributed by atoms with Gasteiger partial charge in [0.2, 0.25) is 0 Å². The van der Waals surface area contributed by atoms with E-state index in [2.05, 4.69) is 28.4 Å². The molecule has 0 saturated carbocycles. The van der Waals surface area contributed by atoms with Crippen molar-refractivity contribution >= 4 is 11.9 Å².